The fourth-order valence-corrected chi connectivity index (χ4v) is 2.16. The zero-order valence-electron chi connectivity index (χ0n) is 12.1. The predicted octanol–water partition coefficient (Wildman–Crippen LogP) is 3.13. The van der Waals surface area contributed by atoms with Gasteiger partial charge in [-0.3, -0.25) is 4.79 Å². The van der Waals surface area contributed by atoms with Gasteiger partial charge < -0.3 is 15.5 Å². The number of hydrogen-bond acceptors (Lipinski definition) is 3. The SMILES string of the molecule is CCCCC(N)C(=O)NC(C)c1cc2ccccc2o1. The van der Waals surface area contributed by atoms with Crippen molar-refractivity contribution < 1.29 is 9.21 Å². The van der Waals surface area contributed by atoms with Crippen molar-refractivity contribution in [1.82, 2.24) is 5.32 Å². The van der Waals surface area contributed by atoms with E-state index in [-0.39, 0.29) is 11.9 Å². The Morgan fingerprint density at radius 1 is 1.40 bits per heavy atom. The molecule has 2 aromatic rings. The molecule has 0 aliphatic heterocycles. The molecule has 0 saturated carbocycles. The van der Waals surface area contributed by atoms with Crippen molar-refractivity contribution in [3.63, 3.8) is 0 Å². The molecule has 1 aromatic carbocycles. The van der Waals surface area contributed by atoms with Gasteiger partial charge in [-0.1, -0.05) is 38.0 Å². The van der Waals surface area contributed by atoms with E-state index in [0.29, 0.717) is 0 Å². The molecule has 2 unspecified atom stereocenters. The number of unbranched alkanes of at least 4 members (excludes halogenated alkanes) is 1. The summed E-state index contributed by atoms with van der Waals surface area (Å²) in [6, 6.07) is 9.14. The second-order valence-electron chi connectivity index (χ2n) is 5.17. The molecule has 0 spiro atoms. The zero-order valence-corrected chi connectivity index (χ0v) is 12.1. The summed E-state index contributed by atoms with van der Waals surface area (Å²) in [5.41, 5.74) is 6.69. The van der Waals surface area contributed by atoms with Gasteiger partial charge >= 0.3 is 0 Å². The third kappa shape index (κ3) is 3.39. The monoisotopic (exact) mass is 274 g/mol. The second-order valence-corrected chi connectivity index (χ2v) is 5.17. The Labute approximate surface area is 119 Å². The molecule has 3 N–H and O–H groups in total. The number of fused-ring (bicyclic) bond motifs is 1. The summed E-state index contributed by atoms with van der Waals surface area (Å²) in [6.07, 6.45) is 2.73. The Kier molecular flexibility index (Phi) is 4.79. The van der Waals surface area contributed by atoms with Crippen LogP contribution in [0, 0.1) is 0 Å². The largest absolute Gasteiger partial charge is 0.459 e. The molecule has 0 aliphatic rings. The fraction of sp³-hybridized carbons (Fsp3) is 0.438. The van der Waals surface area contributed by atoms with Gasteiger partial charge in [0.15, 0.2) is 0 Å². The average molecular weight is 274 g/mol. The molecule has 2 atom stereocenters. The Hall–Kier alpha value is -1.81. The maximum atomic E-state index is 12.0. The van der Waals surface area contributed by atoms with E-state index in [4.69, 9.17) is 10.2 Å². The van der Waals surface area contributed by atoms with Crippen LogP contribution in [0.3, 0.4) is 0 Å². The maximum absolute atomic E-state index is 12.0. The van der Waals surface area contributed by atoms with Crippen molar-refractivity contribution in [2.75, 3.05) is 0 Å². The minimum absolute atomic E-state index is 0.119. The van der Waals surface area contributed by atoms with Crippen molar-refractivity contribution in [2.24, 2.45) is 5.73 Å². The lowest BCUT2D eigenvalue weighted by atomic mass is 10.1. The maximum Gasteiger partial charge on any atom is 0.237 e. The van der Waals surface area contributed by atoms with Crippen LogP contribution in [0.15, 0.2) is 34.7 Å². The summed E-state index contributed by atoms with van der Waals surface area (Å²) in [5, 5.41) is 3.95. The van der Waals surface area contributed by atoms with Crippen LogP contribution >= 0.6 is 0 Å². The van der Waals surface area contributed by atoms with E-state index in [2.05, 4.69) is 12.2 Å². The van der Waals surface area contributed by atoms with Crippen molar-refractivity contribution in [1.29, 1.82) is 0 Å². The lowest BCUT2D eigenvalue weighted by Crippen LogP contribution is -2.41. The predicted molar refractivity (Wildman–Crippen MR) is 80.3 cm³/mol. The van der Waals surface area contributed by atoms with Gasteiger partial charge in [0, 0.05) is 5.39 Å². The highest BCUT2D eigenvalue weighted by Crippen LogP contribution is 2.23. The summed E-state index contributed by atoms with van der Waals surface area (Å²) in [6.45, 7) is 3.99. The van der Waals surface area contributed by atoms with Gasteiger partial charge in [-0.25, -0.2) is 0 Å². The number of rotatable bonds is 6. The highest BCUT2D eigenvalue weighted by atomic mass is 16.3. The minimum Gasteiger partial charge on any atom is -0.459 e. The first-order valence-electron chi connectivity index (χ1n) is 7.16. The number of hydrogen-bond donors (Lipinski definition) is 2. The van der Waals surface area contributed by atoms with E-state index in [1.165, 1.54) is 0 Å². The summed E-state index contributed by atoms with van der Waals surface area (Å²) >= 11 is 0. The lowest BCUT2D eigenvalue weighted by molar-refractivity contribution is -0.123. The molecule has 0 radical (unpaired) electrons. The van der Waals surface area contributed by atoms with Crippen molar-refractivity contribution in [2.45, 2.75) is 45.2 Å². The van der Waals surface area contributed by atoms with Crippen LogP contribution in [0.1, 0.15) is 44.9 Å². The minimum atomic E-state index is -0.443. The number of benzene rings is 1. The van der Waals surface area contributed by atoms with E-state index in [9.17, 15) is 4.79 Å². The number of para-hydroxylation sites is 1. The molecule has 20 heavy (non-hydrogen) atoms. The summed E-state index contributed by atoms with van der Waals surface area (Å²) < 4.78 is 5.74. The Bertz CT molecular complexity index is 544. The molecule has 1 aromatic heterocycles. The number of furan rings is 1. The standard InChI is InChI=1S/C16H22N2O2/c1-3-4-8-13(17)16(19)18-11(2)15-10-12-7-5-6-9-14(12)20-15/h5-7,9-11,13H,3-4,8,17H2,1-2H3,(H,18,19). The third-order valence-corrected chi connectivity index (χ3v) is 3.44. The summed E-state index contributed by atoms with van der Waals surface area (Å²) in [5.74, 6) is 0.633. The van der Waals surface area contributed by atoms with E-state index >= 15 is 0 Å². The number of amides is 1. The van der Waals surface area contributed by atoms with Gasteiger partial charge in [0.2, 0.25) is 5.91 Å². The first kappa shape index (κ1) is 14.6. The molecular weight excluding hydrogens is 252 g/mol. The van der Waals surface area contributed by atoms with Crippen LogP contribution in [0.5, 0.6) is 0 Å². The van der Waals surface area contributed by atoms with E-state index < -0.39 is 6.04 Å². The van der Waals surface area contributed by atoms with Crippen LogP contribution in [0.2, 0.25) is 0 Å². The highest BCUT2D eigenvalue weighted by Gasteiger charge is 2.18. The fourth-order valence-electron chi connectivity index (χ4n) is 2.16. The van der Waals surface area contributed by atoms with Gasteiger partial charge in [0.25, 0.3) is 0 Å². The molecule has 4 heteroatoms. The number of carbonyl (C=O) groups excluding carboxylic acids is 1. The van der Waals surface area contributed by atoms with Gasteiger partial charge in [-0.05, 0) is 25.5 Å². The zero-order chi connectivity index (χ0) is 14.5. The normalized spacial score (nSPS) is 14.2. The van der Waals surface area contributed by atoms with Gasteiger partial charge in [0.05, 0.1) is 12.1 Å². The summed E-state index contributed by atoms with van der Waals surface area (Å²) in [4.78, 5) is 12.0. The lowest BCUT2D eigenvalue weighted by Gasteiger charge is -2.15. The molecule has 0 aliphatic carbocycles. The quantitative estimate of drug-likeness (QED) is 0.850. The smallest absolute Gasteiger partial charge is 0.237 e. The van der Waals surface area contributed by atoms with Crippen LogP contribution < -0.4 is 11.1 Å². The molecule has 2 rings (SSSR count). The number of nitrogens with one attached hydrogen (secondary N) is 1. The van der Waals surface area contributed by atoms with E-state index in [0.717, 1.165) is 36.0 Å². The Morgan fingerprint density at radius 3 is 2.85 bits per heavy atom. The first-order chi connectivity index (χ1) is 9.61. The Morgan fingerprint density at radius 2 is 2.15 bits per heavy atom. The average Bonchev–Trinajstić information content (AvgIpc) is 2.88. The molecule has 0 saturated heterocycles. The van der Waals surface area contributed by atoms with Gasteiger partial charge in [0.1, 0.15) is 11.3 Å². The van der Waals surface area contributed by atoms with Crippen LogP contribution in [0.4, 0.5) is 0 Å². The topological polar surface area (TPSA) is 68.3 Å². The van der Waals surface area contributed by atoms with Gasteiger partial charge in [-0.2, -0.15) is 0 Å². The van der Waals surface area contributed by atoms with Crippen LogP contribution in [-0.4, -0.2) is 11.9 Å². The van der Waals surface area contributed by atoms with Crippen molar-refractivity contribution in [3.05, 3.63) is 36.1 Å². The molecule has 4 nitrogen and oxygen atoms in total. The second kappa shape index (κ2) is 6.57. The molecule has 0 fully saturated rings. The van der Waals surface area contributed by atoms with Crippen LogP contribution in [0.25, 0.3) is 11.0 Å². The highest BCUT2D eigenvalue weighted by molar-refractivity contribution is 5.82. The van der Waals surface area contributed by atoms with Crippen molar-refractivity contribution >= 4 is 16.9 Å². The number of nitrogens with two attached hydrogens (primary N) is 1. The molecular formula is C16H22N2O2. The molecule has 1 heterocycles. The number of carbonyl (C=O) groups is 1. The van der Waals surface area contributed by atoms with Gasteiger partial charge in [-0.15, -0.1) is 0 Å². The molecule has 1 amide bonds. The molecule has 108 valence electrons. The van der Waals surface area contributed by atoms with Crippen LogP contribution in [-0.2, 0) is 4.79 Å². The Balaban J connectivity index is 2.00. The third-order valence-electron chi connectivity index (χ3n) is 3.44. The molecule has 0 bridgehead atoms. The van der Waals surface area contributed by atoms with E-state index in [1.807, 2.05) is 37.3 Å². The summed E-state index contributed by atoms with van der Waals surface area (Å²) in [7, 11) is 0. The van der Waals surface area contributed by atoms with Crippen molar-refractivity contribution in [3.8, 4) is 0 Å². The van der Waals surface area contributed by atoms with E-state index in [1.54, 1.807) is 0 Å². The first-order valence-corrected chi connectivity index (χ1v) is 7.16.